The maximum Gasteiger partial charge on any atom is 0.411 e. The van der Waals surface area contributed by atoms with Gasteiger partial charge in [-0.25, -0.2) is 4.79 Å². The first-order chi connectivity index (χ1) is 13.5. The van der Waals surface area contributed by atoms with Gasteiger partial charge >= 0.3 is 6.09 Å². The van der Waals surface area contributed by atoms with Gasteiger partial charge in [-0.3, -0.25) is 4.90 Å². The van der Waals surface area contributed by atoms with Crippen molar-refractivity contribution >= 4 is 20.7 Å². The zero-order valence-electron chi connectivity index (χ0n) is 18.4. The SMILES string of the molecule is CC(C)(C)[Si](C)(C)OC1=C[C@@H](N2C(=O)OC[C@H]2c2ccccc2)[C@@](C)(C=O)CC1. The molecule has 1 aliphatic carbocycles. The van der Waals surface area contributed by atoms with Crippen LogP contribution in [0.2, 0.25) is 18.1 Å². The first-order valence-corrected chi connectivity index (χ1v) is 13.3. The highest BCUT2D eigenvalue weighted by atomic mass is 28.4. The molecule has 2 aliphatic rings. The van der Waals surface area contributed by atoms with Crippen LogP contribution in [0.5, 0.6) is 0 Å². The second-order valence-electron chi connectivity index (χ2n) is 9.97. The standard InChI is InChI=1S/C23H33NO4Si/c1-22(2,3)29(5,6)28-18-12-13-23(4,16-25)20(14-18)24-19(15-27-21(24)26)17-10-8-7-9-11-17/h7-11,14,16,19-20H,12-13,15H2,1-6H3/t19-,20+,23+/m0/s1. The normalized spacial score (nSPS) is 28.0. The van der Waals surface area contributed by atoms with Crippen LogP contribution in [-0.4, -0.2) is 38.2 Å². The molecule has 0 unspecified atom stereocenters. The molecule has 1 aromatic rings. The monoisotopic (exact) mass is 415 g/mol. The molecule has 3 atom stereocenters. The Morgan fingerprint density at radius 3 is 2.48 bits per heavy atom. The summed E-state index contributed by atoms with van der Waals surface area (Å²) < 4.78 is 12.0. The maximum absolute atomic E-state index is 12.7. The molecule has 29 heavy (non-hydrogen) atoms. The van der Waals surface area contributed by atoms with E-state index in [4.69, 9.17) is 9.16 Å². The van der Waals surface area contributed by atoms with Gasteiger partial charge in [0.2, 0.25) is 8.32 Å². The van der Waals surface area contributed by atoms with Gasteiger partial charge in [0.05, 0.1) is 17.8 Å². The zero-order valence-corrected chi connectivity index (χ0v) is 19.4. The lowest BCUT2D eigenvalue weighted by atomic mass is 9.74. The Morgan fingerprint density at radius 2 is 1.90 bits per heavy atom. The van der Waals surface area contributed by atoms with Crippen LogP contribution in [-0.2, 0) is 14.0 Å². The van der Waals surface area contributed by atoms with Crippen LogP contribution in [0.4, 0.5) is 4.79 Å². The predicted octanol–water partition coefficient (Wildman–Crippen LogP) is 5.45. The highest BCUT2D eigenvalue weighted by molar-refractivity contribution is 6.74. The van der Waals surface area contributed by atoms with E-state index in [2.05, 4.69) is 33.9 Å². The third-order valence-electron chi connectivity index (χ3n) is 6.79. The molecule has 6 heteroatoms. The van der Waals surface area contributed by atoms with Gasteiger partial charge in [-0.1, -0.05) is 58.0 Å². The van der Waals surface area contributed by atoms with Crippen molar-refractivity contribution in [1.82, 2.24) is 4.90 Å². The van der Waals surface area contributed by atoms with E-state index in [0.717, 1.165) is 17.6 Å². The smallest absolute Gasteiger partial charge is 0.411 e. The fraction of sp³-hybridized carbons (Fsp3) is 0.565. The topological polar surface area (TPSA) is 55.8 Å². The average molecular weight is 416 g/mol. The lowest BCUT2D eigenvalue weighted by Gasteiger charge is -2.44. The highest BCUT2D eigenvalue weighted by Gasteiger charge is 2.49. The summed E-state index contributed by atoms with van der Waals surface area (Å²) >= 11 is 0. The Bertz CT molecular complexity index is 799. The minimum Gasteiger partial charge on any atom is -0.547 e. The van der Waals surface area contributed by atoms with Crippen molar-refractivity contribution in [2.45, 2.75) is 70.8 Å². The van der Waals surface area contributed by atoms with Crippen LogP contribution < -0.4 is 0 Å². The lowest BCUT2D eigenvalue weighted by Crippen LogP contribution is -2.50. The molecular weight excluding hydrogens is 382 g/mol. The molecule has 1 amide bonds. The number of rotatable bonds is 5. The van der Waals surface area contributed by atoms with E-state index in [0.29, 0.717) is 19.4 Å². The van der Waals surface area contributed by atoms with Gasteiger partial charge in [-0.05, 0) is 36.2 Å². The molecule has 1 saturated heterocycles. The Kier molecular flexibility index (Phi) is 5.69. The van der Waals surface area contributed by atoms with E-state index in [9.17, 15) is 9.59 Å². The minimum absolute atomic E-state index is 0.0773. The van der Waals surface area contributed by atoms with Crippen LogP contribution in [0.25, 0.3) is 0 Å². The van der Waals surface area contributed by atoms with Crippen molar-refractivity contribution < 1.29 is 18.8 Å². The maximum atomic E-state index is 12.7. The number of nitrogens with zero attached hydrogens (tertiary/aromatic N) is 1. The predicted molar refractivity (Wildman–Crippen MR) is 116 cm³/mol. The third-order valence-corrected chi connectivity index (χ3v) is 11.2. The molecule has 3 rings (SSSR count). The third kappa shape index (κ3) is 4.13. The van der Waals surface area contributed by atoms with E-state index in [1.165, 1.54) is 0 Å². The van der Waals surface area contributed by atoms with Crippen molar-refractivity contribution in [2.75, 3.05) is 6.61 Å². The molecule has 1 aliphatic heterocycles. The highest BCUT2D eigenvalue weighted by Crippen LogP contribution is 2.45. The van der Waals surface area contributed by atoms with Crippen LogP contribution >= 0.6 is 0 Å². The zero-order chi connectivity index (χ0) is 21.4. The molecular formula is C23H33NO4Si. The van der Waals surface area contributed by atoms with Crippen molar-refractivity contribution in [2.24, 2.45) is 5.41 Å². The summed E-state index contributed by atoms with van der Waals surface area (Å²) in [6, 6.07) is 9.25. The molecule has 0 saturated carbocycles. The largest absolute Gasteiger partial charge is 0.547 e. The number of aldehydes is 1. The van der Waals surface area contributed by atoms with Crippen molar-refractivity contribution in [3.63, 3.8) is 0 Å². The number of hydrogen-bond acceptors (Lipinski definition) is 4. The van der Waals surface area contributed by atoms with Crippen molar-refractivity contribution in [1.29, 1.82) is 0 Å². The summed E-state index contributed by atoms with van der Waals surface area (Å²) in [5.74, 6) is 0.896. The quantitative estimate of drug-likeness (QED) is 0.474. The number of cyclic esters (lactones) is 1. The second kappa shape index (κ2) is 7.63. The molecule has 1 fully saturated rings. The fourth-order valence-electron chi connectivity index (χ4n) is 3.75. The van der Waals surface area contributed by atoms with Gasteiger partial charge in [-0.2, -0.15) is 0 Å². The van der Waals surface area contributed by atoms with Gasteiger partial charge in [0.15, 0.2) is 0 Å². The Hall–Kier alpha value is -2.08. The second-order valence-corrected chi connectivity index (χ2v) is 14.7. The number of benzene rings is 1. The Balaban J connectivity index is 1.98. The Labute approximate surface area is 175 Å². The van der Waals surface area contributed by atoms with E-state index in [-0.39, 0.29) is 17.2 Å². The van der Waals surface area contributed by atoms with Gasteiger partial charge in [-0.15, -0.1) is 0 Å². The summed E-state index contributed by atoms with van der Waals surface area (Å²) in [6.45, 7) is 13.3. The van der Waals surface area contributed by atoms with E-state index in [1.54, 1.807) is 4.90 Å². The van der Waals surface area contributed by atoms with Gasteiger partial charge in [0.1, 0.15) is 12.9 Å². The van der Waals surface area contributed by atoms with Gasteiger partial charge < -0.3 is 14.0 Å². The molecule has 1 heterocycles. The number of carbonyl (C=O) groups is 2. The number of ether oxygens (including phenoxy) is 1. The molecule has 0 N–H and O–H groups in total. The molecule has 0 bridgehead atoms. The molecule has 0 spiro atoms. The summed E-state index contributed by atoms with van der Waals surface area (Å²) in [7, 11) is -2.01. The molecule has 5 nitrogen and oxygen atoms in total. The van der Waals surface area contributed by atoms with Crippen LogP contribution in [0, 0.1) is 5.41 Å². The van der Waals surface area contributed by atoms with Crippen LogP contribution in [0.3, 0.4) is 0 Å². The first kappa shape index (κ1) is 21.6. The number of allylic oxidation sites excluding steroid dienone is 1. The minimum atomic E-state index is -2.01. The summed E-state index contributed by atoms with van der Waals surface area (Å²) in [6.07, 6.45) is 3.97. The number of amides is 1. The van der Waals surface area contributed by atoms with Crippen molar-refractivity contribution in [3.05, 3.63) is 47.7 Å². The number of carbonyl (C=O) groups excluding carboxylic acids is 2. The van der Waals surface area contributed by atoms with Crippen LogP contribution in [0.15, 0.2) is 42.2 Å². The molecule has 158 valence electrons. The number of hydrogen-bond donors (Lipinski definition) is 0. The summed E-state index contributed by atoms with van der Waals surface area (Å²) in [5, 5.41) is 0.0773. The Morgan fingerprint density at radius 1 is 1.24 bits per heavy atom. The van der Waals surface area contributed by atoms with E-state index < -0.39 is 19.8 Å². The van der Waals surface area contributed by atoms with E-state index >= 15 is 0 Å². The van der Waals surface area contributed by atoms with E-state index in [1.807, 2.05) is 43.3 Å². The summed E-state index contributed by atoms with van der Waals surface area (Å²) in [4.78, 5) is 26.6. The van der Waals surface area contributed by atoms with Crippen LogP contribution in [0.1, 0.15) is 52.1 Å². The lowest BCUT2D eigenvalue weighted by molar-refractivity contribution is -0.118. The fourth-order valence-corrected chi connectivity index (χ4v) is 4.89. The molecule has 1 aromatic carbocycles. The van der Waals surface area contributed by atoms with Crippen molar-refractivity contribution in [3.8, 4) is 0 Å². The molecule has 0 aromatic heterocycles. The average Bonchev–Trinajstić information content (AvgIpc) is 3.04. The van der Waals surface area contributed by atoms with Gasteiger partial charge in [0.25, 0.3) is 0 Å². The van der Waals surface area contributed by atoms with Gasteiger partial charge in [0, 0.05) is 11.8 Å². The first-order valence-electron chi connectivity index (χ1n) is 10.3. The summed E-state index contributed by atoms with van der Waals surface area (Å²) in [5.41, 5.74) is 0.342. The molecule has 0 radical (unpaired) electrons.